The number of nitrogens with zero attached hydrogens (tertiary/aromatic N) is 2. The highest BCUT2D eigenvalue weighted by Crippen LogP contribution is 2.38. The summed E-state index contributed by atoms with van der Waals surface area (Å²) in [7, 11) is 0. The number of fused-ring (bicyclic) bond motifs is 3. The molecular weight excluding hydrogens is 368 g/mol. The minimum atomic E-state index is 0.863. The first-order chi connectivity index (χ1) is 13.9. The van der Waals surface area contributed by atoms with Gasteiger partial charge in [-0.3, -0.25) is 10.00 Å². The maximum Gasteiger partial charge on any atom is 0.110 e. The SMILES string of the molecule is c1ccc2c(c1)sc1c(-c3ccc(CNCCN4CCOCC4)cc3)n[nH]c12. The van der Waals surface area contributed by atoms with Gasteiger partial charge in [0.1, 0.15) is 5.69 Å². The Morgan fingerprint density at radius 1 is 1.07 bits per heavy atom. The van der Waals surface area contributed by atoms with Crippen molar-refractivity contribution in [1.82, 2.24) is 20.4 Å². The second-order valence-corrected chi connectivity index (χ2v) is 8.25. The molecule has 0 bridgehead atoms. The number of hydrogen-bond acceptors (Lipinski definition) is 5. The number of rotatable bonds is 6. The Morgan fingerprint density at radius 2 is 1.89 bits per heavy atom. The van der Waals surface area contributed by atoms with E-state index in [-0.39, 0.29) is 0 Å². The third kappa shape index (κ3) is 3.56. The molecule has 0 unspecified atom stereocenters. The fourth-order valence-corrected chi connectivity index (χ4v) is 4.92. The number of nitrogens with one attached hydrogen (secondary N) is 2. The summed E-state index contributed by atoms with van der Waals surface area (Å²) in [5, 5.41) is 12.6. The minimum absolute atomic E-state index is 0.863. The predicted octanol–water partition coefficient (Wildman–Crippen LogP) is 3.87. The number of aromatic nitrogens is 2. The quantitative estimate of drug-likeness (QED) is 0.489. The normalized spacial score (nSPS) is 15.6. The minimum Gasteiger partial charge on any atom is -0.379 e. The van der Waals surface area contributed by atoms with Gasteiger partial charge < -0.3 is 10.1 Å². The fourth-order valence-electron chi connectivity index (χ4n) is 3.76. The number of morpholine rings is 1. The van der Waals surface area contributed by atoms with Gasteiger partial charge in [-0.2, -0.15) is 5.10 Å². The Labute approximate surface area is 168 Å². The molecule has 1 aliphatic rings. The van der Waals surface area contributed by atoms with Gasteiger partial charge in [0.25, 0.3) is 0 Å². The molecule has 0 radical (unpaired) electrons. The van der Waals surface area contributed by atoms with Crippen molar-refractivity contribution in [2.75, 3.05) is 39.4 Å². The fraction of sp³-hybridized carbons (Fsp3) is 0.318. The van der Waals surface area contributed by atoms with Gasteiger partial charge >= 0.3 is 0 Å². The zero-order valence-corrected chi connectivity index (χ0v) is 16.6. The zero-order chi connectivity index (χ0) is 18.8. The Hall–Kier alpha value is -2.25. The lowest BCUT2D eigenvalue weighted by molar-refractivity contribution is 0.0384. The van der Waals surface area contributed by atoms with Crippen molar-refractivity contribution in [3.8, 4) is 11.3 Å². The van der Waals surface area contributed by atoms with Crippen molar-refractivity contribution in [2.24, 2.45) is 0 Å². The van der Waals surface area contributed by atoms with Crippen molar-refractivity contribution in [1.29, 1.82) is 0 Å². The summed E-state index contributed by atoms with van der Waals surface area (Å²) in [6.45, 7) is 6.80. The van der Waals surface area contributed by atoms with E-state index in [1.807, 2.05) is 0 Å². The highest BCUT2D eigenvalue weighted by Gasteiger charge is 2.14. The lowest BCUT2D eigenvalue weighted by atomic mass is 10.1. The first kappa shape index (κ1) is 17.8. The van der Waals surface area contributed by atoms with Crippen molar-refractivity contribution in [2.45, 2.75) is 6.54 Å². The number of hydrogen-bond donors (Lipinski definition) is 2. The van der Waals surface area contributed by atoms with Gasteiger partial charge in [0.15, 0.2) is 0 Å². The van der Waals surface area contributed by atoms with Crippen LogP contribution < -0.4 is 5.32 Å². The van der Waals surface area contributed by atoms with Crippen LogP contribution in [0.4, 0.5) is 0 Å². The van der Waals surface area contributed by atoms with Crippen molar-refractivity contribution in [3.05, 3.63) is 54.1 Å². The predicted molar refractivity (Wildman–Crippen MR) is 116 cm³/mol. The second kappa shape index (κ2) is 8.01. The van der Waals surface area contributed by atoms with Crippen LogP contribution in [0.3, 0.4) is 0 Å². The van der Waals surface area contributed by atoms with Crippen molar-refractivity contribution < 1.29 is 4.74 Å². The number of thiophene rings is 1. The lowest BCUT2D eigenvalue weighted by Gasteiger charge is -2.26. The summed E-state index contributed by atoms with van der Waals surface area (Å²) >= 11 is 1.80. The molecule has 5 rings (SSSR count). The standard InChI is InChI=1S/C22H24N4OS/c1-2-4-19-18(3-1)21-22(28-19)20(24-25-21)17-7-5-16(6-8-17)15-23-9-10-26-11-13-27-14-12-26/h1-8,23H,9-15H2,(H,24,25). The monoisotopic (exact) mass is 392 g/mol. The van der Waals surface area contributed by atoms with Crippen LogP contribution in [0, 0.1) is 0 Å². The summed E-state index contributed by atoms with van der Waals surface area (Å²) in [6.07, 6.45) is 0. The number of H-pyrrole nitrogens is 1. The van der Waals surface area contributed by atoms with E-state index in [2.05, 4.69) is 68.9 Å². The van der Waals surface area contributed by atoms with Gasteiger partial charge in [-0.15, -0.1) is 11.3 Å². The van der Waals surface area contributed by atoms with Crippen molar-refractivity contribution in [3.63, 3.8) is 0 Å². The van der Waals surface area contributed by atoms with E-state index in [1.54, 1.807) is 11.3 Å². The lowest BCUT2D eigenvalue weighted by Crippen LogP contribution is -2.40. The van der Waals surface area contributed by atoms with Gasteiger partial charge in [-0.05, 0) is 11.6 Å². The van der Waals surface area contributed by atoms with E-state index in [0.29, 0.717) is 0 Å². The summed E-state index contributed by atoms with van der Waals surface area (Å²) in [4.78, 5) is 2.45. The molecule has 0 saturated carbocycles. The molecule has 3 heterocycles. The van der Waals surface area contributed by atoms with Gasteiger partial charge in [-0.1, -0.05) is 42.5 Å². The molecule has 1 aliphatic heterocycles. The number of aromatic amines is 1. The Bertz CT molecular complexity index is 1060. The van der Waals surface area contributed by atoms with Gasteiger partial charge in [0.2, 0.25) is 0 Å². The molecule has 5 nitrogen and oxygen atoms in total. The average Bonchev–Trinajstić information content (AvgIpc) is 3.32. The second-order valence-electron chi connectivity index (χ2n) is 7.20. The smallest absolute Gasteiger partial charge is 0.110 e. The molecule has 2 aromatic carbocycles. The largest absolute Gasteiger partial charge is 0.379 e. The van der Waals surface area contributed by atoms with E-state index >= 15 is 0 Å². The Balaban J connectivity index is 1.24. The Kier molecular flexibility index (Phi) is 5.10. The molecule has 0 amide bonds. The summed E-state index contributed by atoms with van der Waals surface area (Å²) < 4.78 is 7.93. The van der Waals surface area contributed by atoms with E-state index < -0.39 is 0 Å². The molecule has 144 valence electrons. The van der Waals surface area contributed by atoms with Crippen LogP contribution in [0.15, 0.2) is 48.5 Å². The third-order valence-electron chi connectivity index (χ3n) is 5.36. The van der Waals surface area contributed by atoms with Crippen LogP contribution in [0.2, 0.25) is 0 Å². The van der Waals surface area contributed by atoms with Crippen LogP contribution in [0.5, 0.6) is 0 Å². The molecule has 0 spiro atoms. The van der Waals surface area contributed by atoms with Crippen LogP contribution >= 0.6 is 11.3 Å². The number of ether oxygens (including phenoxy) is 1. The zero-order valence-electron chi connectivity index (χ0n) is 15.8. The average molecular weight is 393 g/mol. The van der Waals surface area contributed by atoms with E-state index in [1.165, 1.54) is 20.3 Å². The van der Waals surface area contributed by atoms with E-state index in [9.17, 15) is 0 Å². The molecular formula is C22H24N4OS. The van der Waals surface area contributed by atoms with Gasteiger partial charge in [0.05, 0.1) is 23.4 Å². The molecule has 28 heavy (non-hydrogen) atoms. The molecule has 1 saturated heterocycles. The van der Waals surface area contributed by atoms with Crippen LogP contribution in [-0.4, -0.2) is 54.5 Å². The first-order valence-electron chi connectivity index (χ1n) is 9.84. The summed E-state index contributed by atoms with van der Waals surface area (Å²) in [5.41, 5.74) is 4.65. The molecule has 4 aromatic rings. The van der Waals surface area contributed by atoms with E-state index in [4.69, 9.17) is 4.74 Å². The Morgan fingerprint density at radius 3 is 2.75 bits per heavy atom. The van der Waals surface area contributed by atoms with Crippen LogP contribution in [0.25, 0.3) is 31.6 Å². The highest BCUT2D eigenvalue weighted by atomic mass is 32.1. The van der Waals surface area contributed by atoms with E-state index in [0.717, 1.165) is 62.7 Å². The first-order valence-corrected chi connectivity index (χ1v) is 10.7. The molecule has 2 aromatic heterocycles. The molecule has 0 aliphatic carbocycles. The van der Waals surface area contributed by atoms with Crippen LogP contribution in [-0.2, 0) is 11.3 Å². The van der Waals surface area contributed by atoms with Gasteiger partial charge in [-0.25, -0.2) is 0 Å². The number of benzene rings is 2. The van der Waals surface area contributed by atoms with Crippen LogP contribution in [0.1, 0.15) is 5.56 Å². The van der Waals surface area contributed by atoms with Gasteiger partial charge in [0, 0.05) is 48.4 Å². The van der Waals surface area contributed by atoms with Crippen molar-refractivity contribution >= 4 is 31.6 Å². The topological polar surface area (TPSA) is 53.2 Å². The molecule has 1 fully saturated rings. The molecule has 0 atom stereocenters. The molecule has 2 N–H and O–H groups in total. The highest BCUT2D eigenvalue weighted by molar-refractivity contribution is 7.26. The maximum absolute atomic E-state index is 5.39. The third-order valence-corrected chi connectivity index (χ3v) is 6.53. The maximum atomic E-state index is 5.39. The summed E-state index contributed by atoms with van der Waals surface area (Å²) in [5.74, 6) is 0. The molecule has 6 heteroatoms. The summed E-state index contributed by atoms with van der Waals surface area (Å²) in [6, 6.07) is 17.3.